The van der Waals surface area contributed by atoms with Crippen molar-refractivity contribution in [2.75, 3.05) is 13.1 Å². The quantitative estimate of drug-likeness (QED) is 0.666. The van der Waals surface area contributed by atoms with Gasteiger partial charge in [-0.05, 0) is 55.7 Å². The SMILES string of the molecule is C[C@H](NC(=O)[C@@H]1CCCN(S(=O)(=O)c2ccc(F)cc2)C1)C(=O)NCc1cccnc1. The fraction of sp³-hybridized carbons (Fsp3) is 0.381. The van der Waals surface area contributed by atoms with Gasteiger partial charge in [-0.15, -0.1) is 0 Å². The summed E-state index contributed by atoms with van der Waals surface area (Å²) in [4.78, 5) is 28.9. The second-order valence-electron chi connectivity index (χ2n) is 7.47. The molecule has 1 aromatic heterocycles. The van der Waals surface area contributed by atoms with Gasteiger partial charge in [-0.25, -0.2) is 12.8 Å². The summed E-state index contributed by atoms with van der Waals surface area (Å²) in [6.07, 6.45) is 4.31. The van der Waals surface area contributed by atoms with Crippen molar-refractivity contribution < 1.29 is 22.4 Å². The molecule has 1 saturated heterocycles. The lowest BCUT2D eigenvalue weighted by atomic mass is 9.98. The van der Waals surface area contributed by atoms with Crippen LogP contribution in [0.2, 0.25) is 0 Å². The maximum atomic E-state index is 13.1. The van der Waals surface area contributed by atoms with Gasteiger partial charge >= 0.3 is 0 Å². The van der Waals surface area contributed by atoms with Crippen LogP contribution in [0, 0.1) is 11.7 Å². The number of piperidine rings is 1. The van der Waals surface area contributed by atoms with Crippen LogP contribution in [-0.4, -0.2) is 48.7 Å². The molecule has 0 spiro atoms. The van der Waals surface area contributed by atoms with Crippen molar-refractivity contribution in [1.29, 1.82) is 0 Å². The summed E-state index contributed by atoms with van der Waals surface area (Å²) in [5.41, 5.74) is 0.836. The fourth-order valence-corrected chi connectivity index (χ4v) is 4.90. The van der Waals surface area contributed by atoms with Crippen molar-refractivity contribution in [1.82, 2.24) is 19.9 Å². The molecule has 0 bridgehead atoms. The fourth-order valence-electron chi connectivity index (χ4n) is 3.37. The van der Waals surface area contributed by atoms with Gasteiger partial charge in [-0.3, -0.25) is 14.6 Å². The Balaban J connectivity index is 1.56. The second kappa shape index (κ2) is 9.97. The van der Waals surface area contributed by atoms with E-state index >= 15 is 0 Å². The summed E-state index contributed by atoms with van der Waals surface area (Å²) >= 11 is 0. The average molecular weight is 449 g/mol. The molecule has 2 atom stereocenters. The molecule has 0 aliphatic carbocycles. The Labute approximate surface area is 180 Å². The molecule has 2 N–H and O–H groups in total. The number of nitrogens with zero attached hydrogens (tertiary/aromatic N) is 2. The van der Waals surface area contributed by atoms with Gasteiger partial charge in [-0.1, -0.05) is 6.07 Å². The topological polar surface area (TPSA) is 108 Å². The number of benzene rings is 1. The molecule has 2 amide bonds. The van der Waals surface area contributed by atoms with E-state index in [1.807, 2.05) is 6.07 Å². The number of sulfonamides is 1. The molecule has 166 valence electrons. The molecule has 0 unspecified atom stereocenters. The number of nitrogens with one attached hydrogen (secondary N) is 2. The van der Waals surface area contributed by atoms with Crippen molar-refractivity contribution in [2.45, 2.75) is 37.2 Å². The number of carbonyl (C=O) groups is 2. The highest BCUT2D eigenvalue weighted by Crippen LogP contribution is 2.24. The van der Waals surface area contributed by atoms with Gasteiger partial charge in [0.25, 0.3) is 0 Å². The lowest BCUT2D eigenvalue weighted by Gasteiger charge is -2.31. The summed E-state index contributed by atoms with van der Waals surface area (Å²) in [5.74, 6) is -1.81. The van der Waals surface area contributed by atoms with Gasteiger partial charge < -0.3 is 10.6 Å². The standard InChI is InChI=1S/C21H25FN4O4S/c1-15(20(27)24-13-16-4-2-10-23-12-16)25-21(28)17-5-3-11-26(14-17)31(29,30)19-8-6-18(22)7-9-19/h2,4,6-10,12,15,17H,3,5,11,13-14H2,1H3,(H,24,27)(H,25,28)/t15-,17+/m0/s1. The number of carbonyl (C=O) groups excluding carboxylic acids is 2. The van der Waals surface area contributed by atoms with Gasteiger partial charge in [0, 0.05) is 32.0 Å². The Morgan fingerprint density at radius 3 is 2.68 bits per heavy atom. The van der Waals surface area contributed by atoms with Crippen LogP contribution < -0.4 is 10.6 Å². The molecule has 1 fully saturated rings. The van der Waals surface area contributed by atoms with Crippen molar-refractivity contribution in [3.05, 3.63) is 60.2 Å². The first kappa shape index (κ1) is 22.8. The van der Waals surface area contributed by atoms with Crippen LogP contribution in [0.25, 0.3) is 0 Å². The summed E-state index contributed by atoms with van der Waals surface area (Å²) in [7, 11) is -3.83. The van der Waals surface area contributed by atoms with E-state index in [0.717, 1.165) is 17.7 Å². The predicted molar refractivity (Wildman–Crippen MR) is 112 cm³/mol. The zero-order chi connectivity index (χ0) is 22.4. The van der Waals surface area contributed by atoms with Crippen LogP contribution in [0.4, 0.5) is 4.39 Å². The van der Waals surface area contributed by atoms with Gasteiger partial charge in [-0.2, -0.15) is 4.31 Å². The van der Waals surface area contributed by atoms with Gasteiger partial charge in [0.2, 0.25) is 21.8 Å². The molecule has 2 aromatic rings. The molecule has 8 nitrogen and oxygen atoms in total. The van der Waals surface area contributed by atoms with Gasteiger partial charge in [0.05, 0.1) is 10.8 Å². The Hall–Kier alpha value is -2.85. The van der Waals surface area contributed by atoms with Crippen molar-refractivity contribution in [3.8, 4) is 0 Å². The summed E-state index contributed by atoms with van der Waals surface area (Å²) in [5, 5.41) is 5.40. The maximum Gasteiger partial charge on any atom is 0.243 e. The minimum absolute atomic E-state index is 0.00949. The molecule has 0 saturated carbocycles. The van der Waals surface area contributed by atoms with Crippen LogP contribution in [0.15, 0.2) is 53.7 Å². The van der Waals surface area contributed by atoms with E-state index in [1.165, 1.54) is 16.4 Å². The first-order chi connectivity index (χ1) is 14.8. The predicted octanol–water partition coefficient (Wildman–Crippen LogP) is 1.44. The molecule has 1 aliphatic heterocycles. The number of rotatable bonds is 7. The average Bonchev–Trinajstić information content (AvgIpc) is 2.78. The van der Waals surface area contributed by atoms with Crippen LogP contribution in [-0.2, 0) is 26.2 Å². The molecular formula is C21H25FN4O4S. The number of hydrogen-bond donors (Lipinski definition) is 2. The Morgan fingerprint density at radius 1 is 1.26 bits per heavy atom. The van der Waals surface area contributed by atoms with Crippen LogP contribution >= 0.6 is 0 Å². The number of halogens is 1. The van der Waals surface area contributed by atoms with Gasteiger partial charge in [0.1, 0.15) is 11.9 Å². The highest BCUT2D eigenvalue weighted by atomic mass is 32.2. The molecule has 2 heterocycles. The Bertz CT molecular complexity index is 1020. The highest BCUT2D eigenvalue weighted by Gasteiger charge is 2.34. The van der Waals surface area contributed by atoms with Crippen LogP contribution in [0.3, 0.4) is 0 Å². The molecule has 0 radical (unpaired) electrons. The van der Waals surface area contributed by atoms with Gasteiger partial charge in [0.15, 0.2) is 0 Å². The third kappa shape index (κ3) is 5.86. The van der Waals surface area contributed by atoms with Crippen LogP contribution in [0.1, 0.15) is 25.3 Å². The third-order valence-corrected chi connectivity index (χ3v) is 7.03. The third-order valence-electron chi connectivity index (χ3n) is 5.15. The maximum absolute atomic E-state index is 13.1. The van der Waals surface area contributed by atoms with E-state index in [-0.39, 0.29) is 29.8 Å². The smallest absolute Gasteiger partial charge is 0.243 e. The van der Waals surface area contributed by atoms with Crippen molar-refractivity contribution in [2.24, 2.45) is 5.92 Å². The molecule has 10 heteroatoms. The Kier molecular flexibility index (Phi) is 7.34. The highest BCUT2D eigenvalue weighted by molar-refractivity contribution is 7.89. The molecule has 3 rings (SSSR count). The largest absolute Gasteiger partial charge is 0.350 e. The Morgan fingerprint density at radius 2 is 2.00 bits per heavy atom. The molecule has 31 heavy (non-hydrogen) atoms. The van der Waals surface area contributed by atoms with E-state index in [2.05, 4.69) is 15.6 Å². The van der Waals surface area contributed by atoms with Crippen LogP contribution in [0.5, 0.6) is 0 Å². The van der Waals surface area contributed by atoms with Crippen molar-refractivity contribution in [3.63, 3.8) is 0 Å². The summed E-state index contributed by atoms with van der Waals surface area (Å²) in [6.45, 7) is 2.16. The van der Waals surface area contributed by atoms with Crippen molar-refractivity contribution >= 4 is 21.8 Å². The number of pyridine rings is 1. The zero-order valence-corrected chi connectivity index (χ0v) is 17.9. The van der Waals surface area contributed by atoms with E-state index in [1.54, 1.807) is 25.4 Å². The van der Waals surface area contributed by atoms with E-state index in [9.17, 15) is 22.4 Å². The zero-order valence-electron chi connectivity index (χ0n) is 17.1. The monoisotopic (exact) mass is 448 g/mol. The first-order valence-corrected chi connectivity index (χ1v) is 11.4. The number of amides is 2. The second-order valence-corrected chi connectivity index (χ2v) is 9.40. The van der Waals surface area contributed by atoms with E-state index < -0.39 is 27.8 Å². The molecule has 1 aromatic carbocycles. The van der Waals surface area contributed by atoms with E-state index in [4.69, 9.17) is 0 Å². The lowest BCUT2D eigenvalue weighted by Crippen LogP contribution is -2.50. The summed E-state index contributed by atoms with van der Waals surface area (Å²) in [6, 6.07) is 7.43. The lowest BCUT2D eigenvalue weighted by molar-refractivity contribution is -0.131. The molecular weight excluding hydrogens is 423 g/mol. The summed E-state index contributed by atoms with van der Waals surface area (Å²) < 4.78 is 40.0. The molecule has 1 aliphatic rings. The number of aromatic nitrogens is 1. The van der Waals surface area contributed by atoms with E-state index in [0.29, 0.717) is 19.4 Å². The first-order valence-electron chi connectivity index (χ1n) is 10.00. The minimum Gasteiger partial charge on any atom is -0.350 e. The minimum atomic E-state index is -3.83. The number of hydrogen-bond acceptors (Lipinski definition) is 5. The normalized spacial score (nSPS) is 18.2.